The number of nitrogens with one attached hydrogen (secondary N) is 2. The largest absolute Gasteiger partial charge is 0.355 e. The molecule has 6 heteroatoms. The van der Waals surface area contributed by atoms with Gasteiger partial charge in [-0.3, -0.25) is 19.5 Å². The summed E-state index contributed by atoms with van der Waals surface area (Å²) in [5, 5.41) is 6.56. The van der Waals surface area contributed by atoms with Crippen molar-refractivity contribution >= 4 is 17.8 Å². The first-order valence-electron chi connectivity index (χ1n) is 8.13. The fourth-order valence-electron chi connectivity index (χ4n) is 3.19. The summed E-state index contributed by atoms with van der Waals surface area (Å²) in [5.74, 6) is 0.297. The van der Waals surface area contributed by atoms with Gasteiger partial charge >= 0.3 is 0 Å². The van der Waals surface area contributed by atoms with E-state index in [1.807, 2.05) is 0 Å². The van der Waals surface area contributed by atoms with Crippen molar-refractivity contribution in [1.29, 1.82) is 0 Å². The Bertz CT molecular complexity index is 600. The highest BCUT2D eigenvalue weighted by molar-refractivity contribution is 6.21. The number of hydrogen-bond acceptors (Lipinski definition) is 3. The Morgan fingerprint density at radius 3 is 2.35 bits per heavy atom. The molecule has 122 valence electrons. The molecule has 1 fully saturated rings. The van der Waals surface area contributed by atoms with Crippen LogP contribution in [0, 0.1) is 0 Å². The van der Waals surface area contributed by atoms with Gasteiger partial charge in [-0.15, -0.1) is 0 Å². The summed E-state index contributed by atoms with van der Waals surface area (Å²) in [5.41, 5.74) is 0.983. The summed E-state index contributed by atoms with van der Waals surface area (Å²) >= 11 is 0. The van der Waals surface area contributed by atoms with Crippen LogP contribution in [0.2, 0.25) is 0 Å². The molecule has 2 amide bonds. The Labute approximate surface area is 136 Å². The minimum atomic E-state index is -0.217. The van der Waals surface area contributed by atoms with E-state index in [4.69, 9.17) is 0 Å². The van der Waals surface area contributed by atoms with E-state index in [0.717, 1.165) is 5.96 Å². The van der Waals surface area contributed by atoms with Gasteiger partial charge in [0, 0.05) is 26.2 Å². The van der Waals surface area contributed by atoms with Gasteiger partial charge in [0.2, 0.25) is 0 Å². The predicted molar refractivity (Wildman–Crippen MR) is 88.6 cm³/mol. The van der Waals surface area contributed by atoms with Crippen molar-refractivity contribution in [2.75, 3.05) is 20.1 Å². The summed E-state index contributed by atoms with van der Waals surface area (Å²) in [6.07, 6.45) is 4.84. The topological polar surface area (TPSA) is 73.8 Å². The molecule has 1 aliphatic carbocycles. The van der Waals surface area contributed by atoms with E-state index in [9.17, 15) is 9.59 Å². The number of carbonyl (C=O) groups excluding carboxylic acids is 2. The normalized spacial score (nSPS) is 18.5. The molecular weight excluding hydrogens is 292 g/mol. The average Bonchev–Trinajstić information content (AvgIpc) is 3.16. The zero-order valence-corrected chi connectivity index (χ0v) is 13.3. The summed E-state index contributed by atoms with van der Waals surface area (Å²) in [7, 11) is 1.73. The first-order valence-corrected chi connectivity index (χ1v) is 8.13. The van der Waals surface area contributed by atoms with Crippen LogP contribution in [0.5, 0.6) is 0 Å². The molecule has 3 rings (SSSR count). The fourth-order valence-corrected chi connectivity index (χ4v) is 3.19. The third-order valence-corrected chi connectivity index (χ3v) is 4.43. The minimum absolute atomic E-state index is 0.217. The molecule has 2 aliphatic rings. The molecule has 0 aromatic heterocycles. The smallest absolute Gasteiger partial charge is 0.261 e. The van der Waals surface area contributed by atoms with Crippen molar-refractivity contribution in [3.05, 3.63) is 35.4 Å². The molecule has 1 aromatic carbocycles. The van der Waals surface area contributed by atoms with E-state index >= 15 is 0 Å². The van der Waals surface area contributed by atoms with Crippen LogP contribution >= 0.6 is 0 Å². The van der Waals surface area contributed by atoms with Gasteiger partial charge in [0.05, 0.1) is 11.1 Å². The van der Waals surface area contributed by atoms with Crippen molar-refractivity contribution in [1.82, 2.24) is 15.5 Å². The van der Waals surface area contributed by atoms with E-state index in [2.05, 4.69) is 15.6 Å². The van der Waals surface area contributed by atoms with Crippen LogP contribution in [0.15, 0.2) is 29.3 Å². The Morgan fingerprint density at radius 2 is 1.78 bits per heavy atom. The SMILES string of the molecule is CN=C(NCCN1C(=O)c2ccccc2C1=O)NC1CCCC1. The Balaban J connectivity index is 1.53. The minimum Gasteiger partial charge on any atom is -0.355 e. The van der Waals surface area contributed by atoms with Crippen molar-refractivity contribution in [3.63, 3.8) is 0 Å². The summed E-state index contributed by atoms with van der Waals surface area (Å²) in [6, 6.07) is 7.42. The lowest BCUT2D eigenvalue weighted by Gasteiger charge is -2.19. The van der Waals surface area contributed by atoms with Crippen LogP contribution < -0.4 is 10.6 Å². The standard InChI is InChI=1S/C17H22N4O2/c1-18-17(20-12-6-2-3-7-12)19-10-11-21-15(22)13-8-4-5-9-14(13)16(21)23/h4-5,8-9,12H,2-3,6-7,10-11H2,1H3,(H2,18,19,20). The number of amides is 2. The number of rotatable bonds is 4. The van der Waals surface area contributed by atoms with Gasteiger partial charge in [0.25, 0.3) is 11.8 Å². The first-order chi connectivity index (χ1) is 11.2. The van der Waals surface area contributed by atoms with Gasteiger partial charge in [-0.05, 0) is 25.0 Å². The number of aliphatic imine (C=N–C) groups is 1. The Hall–Kier alpha value is -2.37. The molecule has 1 aliphatic heterocycles. The van der Waals surface area contributed by atoms with E-state index in [-0.39, 0.29) is 11.8 Å². The lowest BCUT2D eigenvalue weighted by Crippen LogP contribution is -2.45. The van der Waals surface area contributed by atoms with E-state index in [1.54, 1.807) is 31.3 Å². The molecular formula is C17H22N4O2. The molecule has 1 aromatic rings. The lowest BCUT2D eigenvalue weighted by atomic mass is 10.1. The third kappa shape index (κ3) is 3.21. The predicted octanol–water partition coefficient (Wildman–Crippen LogP) is 1.39. The van der Waals surface area contributed by atoms with Crippen LogP contribution in [0.3, 0.4) is 0 Å². The van der Waals surface area contributed by atoms with Crippen molar-refractivity contribution in [2.24, 2.45) is 4.99 Å². The number of nitrogens with zero attached hydrogens (tertiary/aromatic N) is 2. The molecule has 0 bridgehead atoms. The van der Waals surface area contributed by atoms with Gasteiger partial charge in [0.15, 0.2) is 5.96 Å². The number of fused-ring (bicyclic) bond motifs is 1. The van der Waals surface area contributed by atoms with Crippen LogP contribution in [-0.2, 0) is 0 Å². The summed E-state index contributed by atoms with van der Waals surface area (Å²) in [4.78, 5) is 30.0. The highest BCUT2D eigenvalue weighted by atomic mass is 16.2. The molecule has 0 unspecified atom stereocenters. The second-order valence-electron chi connectivity index (χ2n) is 5.93. The third-order valence-electron chi connectivity index (χ3n) is 4.43. The number of benzene rings is 1. The summed E-state index contributed by atoms with van der Waals surface area (Å²) < 4.78 is 0. The average molecular weight is 314 g/mol. The van der Waals surface area contributed by atoms with Crippen molar-refractivity contribution in [3.8, 4) is 0 Å². The maximum absolute atomic E-state index is 12.3. The highest BCUT2D eigenvalue weighted by Crippen LogP contribution is 2.21. The Kier molecular flexibility index (Phi) is 4.60. The number of carbonyl (C=O) groups is 2. The second-order valence-corrected chi connectivity index (χ2v) is 5.93. The molecule has 1 saturated carbocycles. The maximum Gasteiger partial charge on any atom is 0.261 e. The second kappa shape index (κ2) is 6.81. The van der Waals surface area contributed by atoms with Crippen molar-refractivity contribution in [2.45, 2.75) is 31.7 Å². The van der Waals surface area contributed by atoms with Crippen LogP contribution in [0.1, 0.15) is 46.4 Å². The maximum atomic E-state index is 12.3. The monoisotopic (exact) mass is 314 g/mol. The van der Waals surface area contributed by atoms with Crippen LogP contribution in [0.25, 0.3) is 0 Å². The van der Waals surface area contributed by atoms with E-state index in [1.165, 1.54) is 30.6 Å². The molecule has 0 atom stereocenters. The quantitative estimate of drug-likeness (QED) is 0.500. The van der Waals surface area contributed by atoms with Crippen LogP contribution in [-0.4, -0.2) is 48.9 Å². The van der Waals surface area contributed by atoms with Crippen LogP contribution in [0.4, 0.5) is 0 Å². The van der Waals surface area contributed by atoms with E-state index < -0.39 is 0 Å². The summed E-state index contributed by atoms with van der Waals surface area (Å²) in [6.45, 7) is 0.815. The molecule has 1 heterocycles. The van der Waals surface area contributed by atoms with Gasteiger partial charge < -0.3 is 10.6 Å². The van der Waals surface area contributed by atoms with Gasteiger partial charge in [-0.2, -0.15) is 0 Å². The molecule has 23 heavy (non-hydrogen) atoms. The lowest BCUT2D eigenvalue weighted by molar-refractivity contribution is 0.0657. The number of imide groups is 1. The molecule has 0 radical (unpaired) electrons. The Morgan fingerprint density at radius 1 is 1.17 bits per heavy atom. The number of guanidine groups is 1. The molecule has 0 spiro atoms. The zero-order valence-electron chi connectivity index (χ0n) is 13.3. The van der Waals surface area contributed by atoms with Gasteiger partial charge in [-0.25, -0.2) is 0 Å². The molecule has 0 saturated heterocycles. The molecule has 6 nitrogen and oxygen atoms in total. The first kappa shape index (κ1) is 15.5. The van der Waals surface area contributed by atoms with Gasteiger partial charge in [-0.1, -0.05) is 25.0 Å². The fraction of sp³-hybridized carbons (Fsp3) is 0.471. The zero-order chi connectivity index (χ0) is 16.2. The number of hydrogen-bond donors (Lipinski definition) is 2. The van der Waals surface area contributed by atoms with Gasteiger partial charge in [0.1, 0.15) is 0 Å². The molecule has 2 N–H and O–H groups in total. The van der Waals surface area contributed by atoms with Crippen molar-refractivity contribution < 1.29 is 9.59 Å². The highest BCUT2D eigenvalue weighted by Gasteiger charge is 2.34. The van der Waals surface area contributed by atoms with E-state index in [0.29, 0.717) is 30.3 Å².